The monoisotopic (exact) mass is 233 g/mol. The van der Waals surface area contributed by atoms with Gasteiger partial charge in [0.05, 0.1) is 0 Å². The number of hydrogen-bond acceptors (Lipinski definition) is 4. The fourth-order valence-corrected chi connectivity index (χ4v) is 2.07. The molecule has 0 aliphatic rings. The lowest BCUT2D eigenvalue weighted by Gasteiger charge is -2.07. The maximum atomic E-state index is 11.5. The average Bonchev–Trinajstić information content (AvgIpc) is 2.51. The minimum Gasteiger partial charge on any atom is -0.480 e. The summed E-state index contributed by atoms with van der Waals surface area (Å²) < 4.78 is 29.8. The van der Waals surface area contributed by atoms with Gasteiger partial charge in [-0.25, -0.2) is 8.42 Å². The van der Waals surface area contributed by atoms with Crippen molar-refractivity contribution in [2.45, 2.75) is 25.0 Å². The summed E-state index contributed by atoms with van der Waals surface area (Å²) in [5.74, 6) is -0.805. The first-order valence-corrected chi connectivity index (χ1v) is 5.63. The van der Waals surface area contributed by atoms with Crippen LogP contribution in [0.15, 0.2) is 21.6 Å². The number of aliphatic carboxylic acids is 1. The largest absolute Gasteiger partial charge is 0.480 e. The summed E-state index contributed by atoms with van der Waals surface area (Å²) in [6, 6.07) is 1.56. The zero-order valence-corrected chi connectivity index (χ0v) is 9.04. The van der Waals surface area contributed by atoms with Crippen LogP contribution in [0.3, 0.4) is 0 Å². The van der Waals surface area contributed by atoms with Gasteiger partial charge in [0.2, 0.25) is 5.09 Å². The van der Waals surface area contributed by atoms with Crippen LogP contribution in [-0.2, 0) is 14.8 Å². The Kier molecular flexibility index (Phi) is 3.15. The summed E-state index contributed by atoms with van der Waals surface area (Å²) in [5, 5.41) is 8.26. The van der Waals surface area contributed by atoms with Crippen LogP contribution < -0.4 is 4.72 Å². The molecule has 1 aromatic rings. The molecule has 15 heavy (non-hydrogen) atoms. The van der Waals surface area contributed by atoms with Crippen molar-refractivity contribution in [2.24, 2.45) is 0 Å². The summed E-state index contributed by atoms with van der Waals surface area (Å²) in [6.07, 6.45) is 0. The molecule has 0 radical (unpaired) electrons. The van der Waals surface area contributed by atoms with Gasteiger partial charge in [0.25, 0.3) is 10.0 Å². The van der Waals surface area contributed by atoms with Crippen LogP contribution in [0.4, 0.5) is 0 Å². The number of carboxylic acid groups (broad SMARTS) is 1. The SMILES string of the molecule is Cc1ccc(S(=O)(=O)N[C@@H](C)C(=O)O)o1. The van der Waals surface area contributed by atoms with Gasteiger partial charge in [-0.2, -0.15) is 4.72 Å². The Morgan fingerprint density at radius 1 is 1.53 bits per heavy atom. The molecule has 0 amide bonds. The van der Waals surface area contributed by atoms with Gasteiger partial charge >= 0.3 is 5.97 Å². The van der Waals surface area contributed by atoms with E-state index >= 15 is 0 Å². The minimum atomic E-state index is -3.88. The van der Waals surface area contributed by atoms with Gasteiger partial charge in [-0.3, -0.25) is 4.79 Å². The summed E-state index contributed by atoms with van der Waals surface area (Å²) >= 11 is 0. The second kappa shape index (κ2) is 4.03. The molecule has 7 heteroatoms. The van der Waals surface area contributed by atoms with E-state index < -0.39 is 22.0 Å². The molecule has 0 fully saturated rings. The molecule has 1 atom stereocenters. The van der Waals surface area contributed by atoms with Gasteiger partial charge in [-0.05, 0) is 26.0 Å². The molecular formula is C8H11NO5S. The van der Waals surface area contributed by atoms with Crippen molar-refractivity contribution in [1.82, 2.24) is 4.72 Å². The standard InChI is InChI=1S/C8H11NO5S/c1-5-3-4-7(14-5)15(12,13)9-6(2)8(10)11/h3-4,6,9H,1-2H3,(H,10,11)/t6-/m0/s1. The van der Waals surface area contributed by atoms with Crippen LogP contribution in [0, 0.1) is 6.92 Å². The van der Waals surface area contributed by atoms with Crippen LogP contribution in [-0.4, -0.2) is 25.5 Å². The number of rotatable bonds is 4. The van der Waals surface area contributed by atoms with Gasteiger partial charge in [0.1, 0.15) is 11.8 Å². The molecular weight excluding hydrogens is 222 g/mol. The van der Waals surface area contributed by atoms with Crippen LogP contribution in [0.5, 0.6) is 0 Å². The van der Waals surface area contributed by atoms with E-state index in [9.17, 15) is 13.2 Å². The molecule has 0 aromatic carbocycles. The molecule has 0 unspecified atom stereocenters. The highest BCUT2D eigenvalue weighted by Gasteiger charge is 2.23. The zero-order valence-electron chi connectivity index (χ0n) is 8.22. The van der Waals surface area contributed by atoms with Crippen molar-refractivity contribution >= 4 is 16.0 Å². The van der Waals surface area contributed by atoms with Crippen molar-refractivity contribution < 1.29 is 22.7 Å². The maximum absolute atomic E-state index is 11.5. The van der Waals surface area contributed by atoms with Gasteiger partial charge in [0.15, 0.2) is 0 Å². The molecule has 1 heterocycles. The second-order valence-electron chi connectivity index (χ2n) is 3.05. The number of aryl methyl sites for hydroxylation is 1. The summed E-state index contributed by atoms with van der Waals surface area (Å²) in [7, 11) is -3.88. The van der Waals surface area contributed by atoms with Crippen LogP contribution in [0.25, 0.3) is 0 Å². The first-order chi connectivity index (χ1) is 6.83. The van der Waals surface area contributed by atoms with Crippen molar-refractivity contribution in [2.75, 3.05) is 0 Å². The number of carbonyl (C=O) groups is 1. The molecule has 1 aromatic heterocycles. The fourth-order valence-electron chi connectivity index (χ4n) is 0.898. The third kappa shape index (κ3) is 2.80. The van der Waals surface area contributed by atoms with Crippen LogP contribution in [0.1, 0.15) is 12.7 Å². The fraction of sp³-hybridized carbons (Fsp3) is 0.375. The summed E-state index contributed by atoms with van der Waals surface area (Å²) in [5.41, 5.74) is 0. The smallest absolute Gasteiger partial charge is 0.321 e. The van der Waals surface area contributed by atoms with Crippen LogP contribution >= 0.6 is 0 Å². The molecule has 1 rings (SSSR count). The number of sulfonamides is 1. The highest BCUT2D eigenvalue weighted by Crippen LogP contribution is 2.12. The Hall–Kier alpha value is -1.34. The Balaban J connectivity index is 2.90. The predicted octanol–water partition coefficient (Wildman–Crippen LogP) is 0.339. The topological polar surface area (TPSA) is 96.6 Å². The van der Waals surface area contributed by atoms with Crippen molar-refractivity contribution in [1.29, 1.82) is 0 Å². The zero-order chi connectivity index (χ0) is 11.6. The van der Waals surface area contributed by atoms with Crippen molar-refractivity contribution in [3.63, 3.8) is 0 Å². The Labute approximate surface area is 87.0 Å². The van der Waals surface area contributed by atoms with Gasteiger partial charge in [0, 0.05) is 0 Å². The number of carboxylic acids is 1. The first kappa shape index (κ1) is 11.7. The lowest BCUT2D eigenvalue weighted by molar-refractivity contribution is -0.138. The second-order valence-corrected chi connectivity index (χ2v) is 4.69. The van der Waals surface area contributed by atoms with Crippen molar-refractivity contribution in [3.05, 3.63) is 17.9 Å². The number of hydrogen-bond donors (Lipinski definition) is 2. The summed E-state index contributed by atoms with van der Waals surface area (Å²) in [4.78, 5) is 10.5. The lowest BCUT2D eigenvalue weighted by Crippen LogP contribution is -2.38. The molecule has 6 nitrogen and oxygen atoms in total. The third-order valence-electron chi connectivity index (χ3n) is 1.68. The highest BCUT2D eigenvalue weighted by molar-refractivity contribution is 7.89. The third-order valence-corrected chi connectivity index (χ3v) is 3.10. The maximum Gasteiger partial charge on any atom is 0.321 e. The van der Waals surface area contributed by atoms with E-state index in [0.717, 1.165) is 0 Å². The Morgan fingerprint density at radius 2 is 2.13 bits per heavy atom. The minimum absolute atomic E-state index is 0.284. The molecule has 84 valence electrons. The van der Waals surface area contributed by atoms with Crippen LogP contribution in [0.2, 0.25) is 0 Å². The molecule has 2 N–H and O–H groups in total. The van der Waals surface area contributed by atoms with E-state index in [0.29, 0.717) is 5.76 Å². The van der Waals surface area contributed by atoms with E-state index in [4.69, 9.17) is 9.52 Å². The number of nitrogens with one attached hydrogen (secondary N) is 1. The average molecular weight is 233 g/mol. The van der Waals surface area contributed by atoms with E-state index in [2.05, 4.69) is 0 Å². The molecule has 0 saturated heterocycles. The Morgan fingerprint density at radius 3 is 2.53 bits per heavy atom. The highest BCUT2D eigenvalue weighted by atomic mass is 32.2. The molecule has 0 bridgehead atoms. The van der Waals surface area contributed by atoms with Gasteiger partial charge in [-0.15, -0.1) is 0 Å². The van der Waals surface area contributed by atoms with Crippen molar-refractivity contribution in [3.8, 4) is 0 Å². The molecule has 0 aliphatic heterocycles. The lowest BCUT2D eigenvalue weighted by atomic mass is 10.4. The molecule has 0 spiro atoms. The van der Waals surface area contributed by atoms with E-state index in [1.54, 1.807) is 6.92 Å². The quantitative estimate of drug-likeness (QED) is 0.781. The normalized spacial score (nSPS) is 13.7. The predicted molar refractivity (Wildman–Crippen MR) is 50.9 cm³/mol. The first-order valence-electron chi connectivity index (χ1n) is 4.14. The summed E-state index contributed by atoms with van der Waals surface area (Å²) in [6.45, 7) is 2.83. The Bertz CT molecular complexity index is 461. The molecule has 0 saturated carbocycles. The van der Waals surface area contributed by atoms with E-state index in [1.165, 1.54) is 19.1 Å². The van der Waals surface area contributed by atoms with Gasteiger partial charge < -0.3 is 9.52 Å². The number of furan rings is 1. The van der Waals surface area contributed by atoms with E-state index in [-0.39, 0.29) is 5.09 Å². The molecule has 0 aliphatic carbocycles. The van der Waals surface area contributed by atoms with E-state index in [1.807, 2.05) is 4.72 Å². The van der Waals surface area contributed by atoms with Gasteiger partial charge in [-0.1, -0.05) is 0 Å².